The summed E-state index contributed by atoms with van der Waals surface area (Å²) in [6, 6.07) is 18.1. The van der Waals surface area contributed by atoms with E-state index in [2.05, 4.69) is 15.6 Å². The van der Waals surface area contributed by atoms with Crippen molar-refractivity contribution in [3.05, 3.63) is 71.6 Å². The summed E-state index contributed by atoms with van der Waals surface area (Å²) >= 11 is 2.77. The third-order valence-electron chi connectivity index (χ3n) is 6.10. The first-order chi connectivity index (χ1) is 19.9. The molecule has 11 heteroatoms. The number of methoxy groups -OCH3 is 4. The van der Waals surface area contributed by atoms with E-state index in [1.807, 2.05) is 48.7 Å². The molecule has 1 heterocycles. The Morgan fingerprint density at radius 1 is 0.854 bits per heavy atom. The predicted octanol–water partition coefficient (Wildman–Crippen LogP) is 6.61. The number of aromatic nitrogens is 1. The molecular weight excluding hydrogens is 562 g/mol. The SMILES string of the molecule is CCC(Sc1cccc(NC(=O)c2c(OC)cccc2OC)c1)C(=O)Nc1nc(-c2ccc(OC)c(OC)c2)cs1. The molecule has 0 saturated carbocycles. The molecule has 4 rings (SSSR count). The summed E-state index contributed by atoms with van der Waals surface area (Å²) < 4.78 is 21.4. The van der Waals surface area contributed by atoms with Crippen LogP contribution in [-0.2, 0) is 4.79 Å². The molecule has 0 radical (unpaired) electrons. The summed E-state index contributed by atoms with van der Waals surface area (Å²) in [5.41, 5.74) is 2.47. The average Bonchev–Trinajstić information content (AvgIpc) is 3.47. The fourth-order valence-electron chi connectivity index (χ4n) is 4.05. The first kappa shape index (κ1) is 29.8. The highest BCUT2D eigenvalue weighted by Crippen LogP contribution is 2.35. The molecule has 2 amide bonds. The molecule has 4 aromatic rings. The Labute approximate surface area is 247 Å². The van der Waals surface area contributed by atoms with E-state index in [0.717, 1.165) is 16.2 Å². The van der Waals surface area contributed by atoms with Gasteiger partial charge in [-0.1, -0.05) is 19.1 Å². The van der Waals surface area contributed by atoms with Crippen molar-refractivity contribution in [1.29, 1.82) is 0 Å². The number of carbonyl (C=O) groups is 2. The molecular formula is C30H31N3O6S2. The van der Waals surface area contributed by atoms with E-state index in [1.165, 1.54) is 37.3 Å². The molecule has 214 valence electrons. The van der Waals surface area contributed by atoms with E-state index < -0.39 is 0 Å². The average molecular weight is 594 g/mol. The van der Waals surface area contributed by atoms with Crippen molar-refractivity contribution < 1.29 is 28.5 Å². The minimum Gasteiger partial charge on any atom is -0.496 e. The minimum absolute atomic E-state index is 0.154. The molecule has 41 heavy (non-hydrogen) atoms. The normalized spacial score (nSPS) is 11.3. The van der Waals surface area contributed by atoms with Gasteiger partial charge in [0.1, 0.15) is 17.1 Å². The summed E-state index contributed by atoms with van der Waals surface area (Å²) in [4.78, 5) is 31.7. The van der Waals surface area contributed by atoms with Gasteiger partial charge in [0.25, 0.3) is 5.91 Å². The van der Waals surface area contributed by atoms with E-state index >= 15 is 0 Å². The summed E-state index contributed by atoms with van der Waals surface area (Å²) in [5.74, 6) is 1.54. The molecule has 0 aliphatic carbocycles. The van der Waals surface area contributed by atoms with Crippen molar-refractivity contribution >= 4 is 45.7 Å². The number of rotatable bonds is 12. The van der Waals surface area contributed by atoms with Gasteiger partial charge in [-0.05, 0) is 55.0 Å². The third kappa shape index (κ3) is 7.11. The molecule has 0 saturated heterocycles. The van der Waals surface area contributed by atoms with Crippen LogP contribution in [0.2, 0.25) is 0 Å². The lowest BCUT2D eigenvalue weighted by Crippen LogP contribution is -2.24. The first-order valence-corrected chi connectivity index (χ1v) is 14.4. The van der Waals surface area contributed by atoms with Gasteiger partial charge < -0.3 is 29.6 Å². The summed E-state index contributed by atoms with van der Waals surface area (Å²) in [6.45, 7) is 1.95. The van der Waals surface area contributed by atoms with Crippen LogP contribution in [0.15, 0.2) is 70.9 Å². The molecule has 0 aliphatic heterocycles. The zero-order valence-corrected chi connectivity index (χ0v) is 25.0. The van der Waals surface area contributed by atoms with E-state index in [9.17, 15) is 9.59 Å². The van der Waals surface area contributed by atoms with Crippen molar-refractivity contribution in [2.75, 3.05) is 39.1 Å². The minimum atomic E-state index is -0.372. The second kappa shape index (κ2) is 13.9. The number of hydrogen-bond donors (Lipinski definition) is 2. The second-order valence-corrected chi connectivity index (χ2v) is 10.8. The molecule has 0 bridgehead atoms. The number of thioether (sulfide) groups is 1. The van der Waals surface area contributed by atoms with Crippen LogP contribution in [0.1, 0.15) is 23.7 Å². The molecule has 1 aromatic heterocycles. The van der Waals surface area contributed by atoms with Gasteiger partial charge in [0.15, 0.2) is 16.6 Å². The Kier molecular flexibility index (Phi) is 10.1. The Hall–Kier alpha value is -4.22. The summed E-state index contributed by atoms with van der Waals surface area (Å²) in [6.07, 6.45) is 0.597. The van der Waals surface area contributed by atoms with Crippen molar-refractivity contribution in [2.24, 2.45) is 0 Å². The van der Waals surface area contributed by atoms with Gasteiger partial charge in [-0.3, -0.25) is 9.59 Å². The largest absolute Gasteiger partial charge is 0.496 e. The molecule has 0 spiro atoms. The van der Waals surface area contributed by atoms with Crippen LogP contribution in [0.4, 0.5) is 10.8 Å². The van der Waals surface area contributed by atoms with Gasteiger partial charge in [0.2, 0.25) is 5.91 Å². The van der Waals surface area contributed by atoms with Gasteiger partial charge in [-0.2, -0.15) is 0 Å². The number of amides is 2. The number of thiazole rings is 1. The number of nitrogens with one attached hydrogen (secondary N) is 2. The lowest BCUT2D eigenvalue weighted by atomic mass is 10.1. The van der Waals surface area contributed by atoms with E-state index in [0.29, 0.717) is 45.8 Å². The Morgan fingerprint density at radius 2 is 1.54 bits per heavy atom. The maximum absolute atomic E-state index is 13.2. The number of benzene rings is 3. The third-order valence-corrected chi connectivity index (χ3v) is 8.22. The lowest BCUT2D eigenvalue weighted by Gasteiger charge is -2.15. The fourth-order valence-corrected chi connectivity index (χ4v) is 5.78. The number of ether oxygens (including phenoxy) is 4. The van der Waals surface area contributed by atoms with Crippen molar-refractivity contribution in [1.82, 2.24) is 4.98 Å². The number of hydrogen-bond acceptors (Lipinski definition) is 9. The Balaban J connectivity index is 1.43. The predicted molar refractivity (Wildman–Crippen MR) is 163 cm³/mol. The molecule has 0 aliphatic rings. The molecule has 3 aromatic carbocycles. The maximum atomic E-state index is 13.2. The molecule has 1 unspecified atom stereocenters. The standard InChI is InChI=1S/C30H31N3O6S2/c1-6-26(28(34)33-30-32-21(17-40-30)18-13-14-22(36-2)25(15-18)39-5)41-20-10-7-9-19(16-20)31-29(35)27-23(37-3)11-8-12-24(27)38-4/h7-17,26H,6H2,1-5H3,(H,31,35)(H,32,33,34). The zero-order valence-electron chi connectivity index (χ0n) is 23.3. The fraction of sp³-hybridized carbons (Fsp3) is 0.233. The van der Waals surface area contributed by atoms with Gasteiger partial charge >= 0.3 is 0 Å². The second-order valence-electron chi connectivity index (χ2n) is 8.63. The van der Waals surface area contributed by atoms with Gasteiger partial charge in [-0.15, -0.1) is 23.1 Å². The summed E-state index contributed by atoms with van der Waals surface area (Å²) in [7, 11) is 6.17. The molecule has 0 fully saturated rings. The monoisotopic (exact) mass is 593 g/mol. The molecule has 2 N–H and O–H groups in total. The van der Waals surface area contributed by atoms with Crippen molar-refractivity contribution in [2.45, 2.75) is 23.5 Å². The van der Waals surface area contributed by atoms with Gasteiger partial charge in [0, 0.05) is 21.5 Å². The van der Waals surface area contributed by atoms with Crippen LogP contribution in [0.25, 0.3) is 11.3 Å². The van der Waals surface area contributed by atoms with Crippen LogP contribution in [0.3, 0.4) is 0 Å². The number of anilines is 2. The van der Waals surface area contributed by atoms with Crippen LogP contribution >= 0.6 is 23.1 Å². The molecule has 1 atom stereocenters. The van der Waals surface area contributed by atoms with Crippen molar-refractivity contribution in [3.63, 3.8) is 0 Å². The highest BCUT2D eigenvalue weighted by atomic mass is 32.2. The Bertz CT molecular complexity index is 1500. The van der Waals surface area contributed by atoms with E-state index in [1.54, 1.807) is 38.5 Å². The Morgan fingerprint density at radius 3 is 2.20 bits per heavy atom. The van der Waals surface area contributed by atoms with Gasteiger partial charge in [0.05, 0.1) is 39.4 Å². The van der Waals surface area contributed by atoms with Crippen LogP contribution in [0.5, 0.6) is 23.0 Å². The van der Waals surface area contributed by atoms with Crippen LogP contribution in [-0.4, -0.2) is 50.5 Å². The highest BCUT2D eigenvalue weighted by Gasteiger charge is 2.21. The van der Waals surface area contributed by atoms with E-state index in [-0.39, 0.29) is 17.1 Å². The highest BCUT2D eigenvalue weighted by molar-refractivity contribution is 8.00. The van der Waals surface area contributed by atoms with Crippen LogP contribution < -0.4 is 29.6 Å². The topological polar surface area (TPSA) is 108 Å². The van der Waals surface area contributed by atoms with Crippen molar-refractivity contribution in [3.8, 4) is 34.3 Å². The zero-order chi connectivity index (χ0) is 29.4. The van der Waals surface area contributed by atoms with E-state index in [4.69, 9.17) is 18.9 Å². The first-order valence-electron chi connectivity index (χ1n) is 12.7. The maximum Gasteiger partial charge on any atom is 0.263 e. The quantitative estimate of drug-likeness (QED) is 0.177. The lowest BCUT2D eigenvalue weighted by molar-refractivity contribution is -0.115. The summed E-state index contributed by atoms with van der Waals surface area (Å²) in [5, 5.41) is 7.86. The van der Waals surface area contributed by atoms with Crippen LogP contribution in [0, 0.1) is 0 Å². The van der Waals surface area contributed by atoms with Gasteiger partial charge in [-0.25, -0.2) is 4.98 Å². The number of carbonyl (C=O) groups excluding carboxylic acids is 2. The smallest absolute Gasteiger partial charge is 0.263 e. The molecule has 9 nitrogen and oxygen atoms in total. The number of nitrogens with zero attached hydrogens (tertiary/aromatic N) is 1.